The molecule has 0 fully saturated rings. The summed E-state index contributed by atoms with van der Waals surface area (Å²) < 4.78 is 6.23. The normalized spacial score (nSPS) is 14.0. The lowest BCUT2D eigenvalue weighted by atomic mass is 9.75. The molecule has 0 aliphatic rings. The van der Waals surface area contributed by atoms with Crippen molar-refractivity contribution in [2.75, 3.05) is 0 Å². The Bertz CT molecular complexity index is 461. The van der Waals surface area contributed by atoms with Crippen LogP contribution in [0.2, 0.25) is 6.55 Å². The summed E-state index contributed by atoms with van der Waals surface area (Å²) in [6.07, 6.45) is 0. The van der Waals surface area contributed by atoms with Crippen LogP contribution < -0.4 is 4.43 Å². The molecule has 0 aliphatic heterocycles. The van der Waals surface area contributed by atoms with Gasteiger partial charge in [-0.1, -0.05) is 74.4 Å². The summed E-state index contributed by atoms with van der Waals surface area (Å²) in [5.74, 6) is 1.15. The standard InChI is InChI=1S/C19H34OSi/c1-17(2,3)13-11-14(18(4,5)6)16(20-21-10)15(12-13)19(7,8)9/h11-12H,21H2,1-10H3. The molecule has 0 amide bonds. The Balaban J connectivity index is 3.75. The number of hydrogen-bond acceptors (Lipinski definition) is 1. The highest BCUT2D eigenvalue weighted by Gasteiger charge is 2.29. The van der Waals surface area contributed by atoms with Gasteiger partial charge in [-0.05, 0) is 39.5 Å². The summed E-state index contributed by atoms with van der Waals surface area (Å²) in [7, 11) is -0.489. The van der Waals surface area contributed by atoms with Gasteiger partial charge in [-0.2, -0.15) is 0 Å². The predicted molar refractivity (Wildman–Crippen MR) is 97.6 cm³/mol. The van der Waals surface area contributed by atoms with E-state index in [1.54, 1.807) is 0 Å². The molecule has 21 heavy (non-hydrogen) atoms. The molecule has 0 radical (unpaired) electrons. The second-order valence-corrected chi connectivity index (χ2v) is 9.95. The minimum Gasteiger partial charge on any atom is -0.549 e. The first-order valence-electron chi connectivity index (χ1n) is 8.10. The van der Waals surface area contributed by atoms with Gasteiger partial charge in [0.2, 0.25) is 9.76 Å². The zero-order valence-corrected chi connectivity index (χ0v) is 17.2. The van der Waals surface area contributed by atoms with E-state index in [1.807, 2.05) is 0 Å². The van der Waals surface area contributed by atoms with Crippen molar-refractivity contribution < 1.29 is 4.43 Å². The van der Waals surface area contributed by atoms with Crippen molar-refractivity contribution >= 4 is 9.76 Å². The fourth-order valence-corrected chi connectivity index (χ4v) is 3.08. The summed E-state index contributed by atoms with van der Waals surface area (Å²) >= 11 is 0. The Morgan fingerprint density at radius 2 is 1.10 bits per heavy atom. The Morgan fingerprint density at radius 3 is 1.33 bits per heavy atom. The van der Waals surface area contributed by atoms with E-state index in [2.05, 4.69) is 81.0 Å². The Labute approximate surface area is 134 Å². The fraction of sp³-hybridized carbons (Fsp3) is 0.684. The van der Waals surface area contributed by atoms with E-state index in [9.17, 15) is 0 Å². The number of hydrogen-bond donors (Lipinski definition) is 0. The molecule has 1 aromatic carbocycles. The topological polar surface area (TPSA) is 9.23 Å². The summed E-state index contributed by atoms with van der Waals surface area (Å²) in [6.45, 7) is 22.8. The average molecular weight is 307 g/mol. The van der Waals surface area contributed by atoms with Gasteiger partial charge in [0, 0.05) is 0 Å². The lowest BCUT2D eigenvalue weighted by Crippen LogP contribution is -2.23. The van der Waals surface area contributed by atoms with Crippen LogP contribution in [-0.4, -0.2) is 9.76 Å². The van der Waals surface area contributed by atoms with Crippen LogP contribution in [-0.2, 0) is 16.2 Å². The van der Waals surface area contributed by atoms with Crippen molar-refractivity contribution in [3.8, 4) is 5.75 Å². The van der Waals surface area contributed by atoms with Gasteiger partial charge in [0.1, 0.15) is 5.75 Å². The number of rotatable bonds is 2. The highest BCUT2D eigenvalue weighted by atomic mass is 28.2. The van der Waals surface area contributed by atoms with E-state index in [4.69, 9.17) is 4.43 Å². The maximum Gasteiger partial charge on any atom is 0.216 e. The van der Waals surface area contributed by atoms with Crippen LogP contribution in [0.4, 0.5) is 0 Å². The zero-order chi connectivity index (χ0) is 16.6. The van der Waals surface area contributed by atoms with Crippen molar-refractivity contribution in [3.63, 3.8) is 0 Å². The van der Waals surface area contributed by atoms with E-state index in [-0.39, 0.29) is 16.2 Å². The minimum absolute atomic E-state index is 0.0974. The molecular weight excluding hydrogens is 272 g/mol. The van der Waals surface area contributed by atoms with Crippen LogP contribution in [0.1, 0.15) is 79.0 Å². The highest BCUT2D eigenvalue weighted by molar-refractivity contribution is 6.26. The Kier molecular flexibility index (Phi) is 5.04. The number of benzene rings is 1. The van der Waals surface area contributed by atoms with E-state index in [1.165, 1.54) is 16.7 Å². The maximum absolute atomic E-state index is 6.23. The summed E-state index contributed by atoms with van der Waals surface area (Å²) in [5.41, 5.74) is 4.47. The Hall–Kier alpha value is -0.763. The van der Waals surface area contributed by atoms with Gasteiger partial charge in [0.15, 0.2) is 0 Å². The van der Waals surface area contributed by atoms with Crippen molar-refractivity contribution in [1.82, 2.24) is 0 Å². The Morgan fingerprint density at radius 1 is 0.714 bits per heavy atom. The largest absolute Gasteiger partial charge is 0.549 e. The van der Waals surface area contributed by atoms with Gasteiger partial charge in [-0.25, -0.2) is 0 Å². The SMILES string of the molecule is C[SiH2]Oc1c(C(C)(C)C)cc(C(C)(C)C)cc1C(C)(C)C. The minimum atomic E-state index is -0.489. The molecule has 0 spiro atoms. The third-order valence-electron chi connectivity index (χ3n) is 3.86. The molecule has 120 valence electrons. The molecule has 0 bridgehead atoms. The average Bonchev–Trinajstić information content (AvgIpc) is 2.24. The van der Waals surface area contributed by atoms with Crippen molar-refractivity contribution in [2.24, 2.45) is 0 Å². The van der Waals surface area contributed by atoms with Crippen LogP contribution in [0.5, 0.6) is 5.75 Å². The van der Waals surface area contributed by atoms with Crippen molar-refractivity contribution in [1.29, 1.82) is 0 Å². The highest BCUT2D eigenvalue weighted by Crippen LogP contribution is 2.42. The van der Waals surface area contributed by atoms with Crippen LogP contribution in [0.15, 0.2) is 12.1 Å². The van der Waals surface area contributed by atoms with Crippen LogP contribution in [0.25, 0.3) is 0 Å². The van der Waals surface area contributed by atoms with Crippen molar-refractivity contribution in [3.05, 3.63) is 28.8 Å². The lowest BCUT2D eigenvalue weighted by Gasteiger charge is -2.33. The van der Waals surface area contributed by atoms with Crippen LogP contribution in [0, 0.1) is 0 Å². The van der Waals surface area contributed by atoms with E-state index in [0.717, 1.165) is 5.75 Å². The molecule has 0 heterocycles. The van der Waals surface area contributed by atoms with Gasteiger partial charge in [-0.3, -0.25) is 0 Å². The van der Waals surface area contributed by atoms with Gasteiger partial charge >= 0.3 is 0 Å². The van der Waals surface area contributed by atoms with Crippen molar-refractivity contribution in [2.45, 2.75) is 85.1 Å². The van der Waals surface area contributed by atoms with Gasteiger partial charge in [0.25, 0.3) is 0 Å². The van der Waals surface area contributed by atoms with Gasteiger partial charge < -0.3 is 4.43 Å². The van der Waals surface area contributed by atoms with Gasteiger partial charge in [-0.15, -0.1) is 0 Å². The summed E-state index contributed by atoms with van der Waals surface area (Å²) in [4.78, 5) is 0. The molecule has 1 aromatic rings. The predicted octanol–water partition coefficient (Wildman–Crippen LogP) is 5.09. The quantitative estimate of drug-likeness (QED) is 0.692. The molecular formula is C19H34OSi. The molecule has 0 saturated heterocycles. The van der Waals surface area contributed by atoms with E-state index in [0.29, 0.717) is 0 Å². The van der Waals surface area contributed by atoms with Gasteiger partial charge in [0.05, 0.1) is 0 Å². The molecule has 2 heteroatoms. The molecule has 1 nitrogen and oxygen atoms in total. The monoisotopic (exact) mass is 306 g/mol. The van der Waals surface area contributed by atoms with E-state index < -0.39 is 9.76 Å². The first-order chi connectivity index (χ1) is 9.28. The first kappa shape index (κ1) is 18.3. The third kappa shape index (κ3) is 4.35. The van der Waals surface area contributed by atoms with E-state index >= 15 is 0 Å². The summed E-state index contributed by atoms with van der Waals surface area (Å²) in [5, 5.41) is 0. The second kappa shape index (κ2) is 5.79. The van der Waals surface area contributed by atoms with Crippen LogP contribution in [0.3, 0.4) is 0 Å². The third-order valence-corrected chi connectivity index (χ3v) is 4.44. The maximum atomic E-state index is 6.23. The molecule has 0 aliphatic carbocycles. The van der Waals surface area contributed by atoms with Crippen LogP contribution >= 0.6 is 0 Å². The molecule has 0 saturated carbocycles. The summed E-state index contributed by atoms with van der Waals surface area (Å²) in [6, 6.07) is 4.74. The second-order valence-electron chi connectivity index (χ2n) is 9.08. The zero-order valence-electron chi connectivity index (χ0n) is 15.8. The fourth-order valence-electron chi connectivity index (χ4n) is 2.48. The smallest absolute Gasteiger partial charge is 0.216 e. The first-order valence-corrected chi connectivity index (χ1v) is 10.1. The molecule has 0 unspecified atom stereocenters. The molecule has 0 atom stereocenters. The molecule has 0 aromatic heterocycles. The molecule has 0 N–H and O–H groups in total. The lowest BCUT2D eigenvalue weighted by molar-refractivity contribution is 0.488. The molecule has 1 rings (SSSR count).